The van der Waals surface area contributed by atoms with E-state index in [1.807, 2.05) is 19.1 Å². The molecule has 0 aliphatic heterocycles. The molecule has 0 saturated carbocycles. The Bertz CT molecular complexity index is 830. The van der Waals surface area contributed by atoms with Crippen LogP contribution in [-0.2, 0) is 16.4 Å². The fourth-order valence-corrected chi connectivity index (χ4v) is 3.44. The Morgan fingerprint density at radius 1 is 1.22 bits per heavy atom. The summed E-state index contributed by atoms with van der Waals surface area (Å²) in [5, 5.41) is 9.05. The minimum Gasteiger partial charge on any atom is -0.495 e. The lowest BCUT2D eigenvalue weighted by molar-refractivity contribution is 0.0696. The maximum Gasteiger partial charge on any atom is 0.335 e. The molecule has 0 bridgehead atoms. The Morgan fingerprint density at radius 3 is 2.52 bits per heavy atom. The molecule has 0 aliphatic rings. The number of aryl methyl sites for hydroxylation is 1. The fraction of sp³-hybridized carbons (Fsp3) is 0.188. The van der Waals surface area contributed by atoms with Gasteiger partial charge in [-0.3, -0.25) is 4.72 Å². The van der Waals surface area contributed by atoms with Gasteiger partial charge in [-0.05, 0) is 36.2 Å². The number of aromatic carboxylic acids is 1. The highest BCUT2D eigenvalue weighted by Crippen LogP contribution is 2.28. The van der Waals surface area contributed by atoms with Gasteiger partial charge in [0, 0.05) is 0 Å². The van der Waals surface area contributed by atoms with Crippen LogP contribution >= 0.6 is 0 Å². The summed E-state index contributed by atoms with van der Waals surface area (Å²) < 4.78 is 32.8. The molecule has 0 atom stereocenters. The summed E-state index contributed by atoms with van der Waals surface area (Å²) in [6.45, 7) is 1.92. The zero-order valence-electron chi connectivity index (χ0n) is 12.7. The molecule has 0 fully saturated rings. The van der Waals surface area contributed by atoms with Gasteiger partial charge in [0.1, 0.15) is 10.6 Å². The second kappa shape index (κ2) is 6.70. The van der Waals surface area contributed by atoms with Crippen molar-refractivity contribution >= 4 is 21.7 Å². The lowest BCUT2D eigenvalue weighted by atomic mass is 10.1. The number of benzene rings is 2. The van der Waals surface area contributed by atoms with Crippen LogP contribution in [0.4, 0.5) is 5.69 Å². The van der Waals surface area contributed by atoms with Gasteiger partial charge in [-0.15, -0.1) is 0 Å². The number of carboxylic acids is 1. The molecule has 2 aromatic rings. The summed E-state index contributed by atoms with van der Waals surface area (Å²) in [7, 11) is -2.65. The minimum atomic E-state index is -3.98. The highest BCUT2D eigenvalue weighted by molar-refractivity contribution is 7.92. The van der Waals surface area contributed by atoms with Gasteiger partial charge < -0.3 is 9.84 Å². The molecule has 0 heterocycles. The zero-order valence-corrected chi connectivity index (χ0v) is 13.6. The zero-order chi connectivity index (χ0) is 17.0. The van der Waals surface area contributed by atoms with Crippen molar-refractivity contribution in [2.45, 2.75) is 18.2 Å². The minimum absolute atomic E-state index is 0.0801. The van der Waals surface area contributed by atoms with Gasteiger partial charge >= 0.3 is 5.97 Å². The smallest absolute Gasteiger partial charge is 0.335 e. The summed E-state index contributed by atoms with van der Waals surface area (Å²) in [6.07, 6.45) is 0.658. The monoisotopic (exact) mass is 335 g/mol. The molecular formula is C16H17NO5S. The number of hydrogen-bond acceptors (Lipinski definition) is 4. The van der Waals surface area contributed by atoms with E-state index in [4.69, 9.17) is 9.84 Å². The first-order chi connectivity index (χ1) is 10.9. The molecule has 0 amide bonds. The van der Waals surface area contributed by atoms with Crippen molar-refractivity contribution in [2.75, 3.05) is 11.8 Å². The van der Waals surface area contributed by atoms with Crippen molar-refractivity contribution < 1.29 is 23.1 Å². The molecule has 7 heteroatoms. The average molecular weight is 335 g/mol. The van der Waals surface area contributed by atoms with Gasteiger partial charge in [0.25, 0.3) is 10.0 Å². The number of carboxylic acid groups (broad SMARTS) is 1. The highest BCUT2D eigenvalue weighted by Gasteiger charge is 2.22. The number of carbonyl (C=O) groups is 1. The lowest BCUT2D eigenvalue weighted by Crippen LogP contribution is -2.16. The van der Waals surface area contributed by atoms with Crippen molar-refractivity contribution in [3.63, 3.8) is 0 Å². The van der Waals surface area contributed by atoms with Gasteiger partial charge in [-0.1, -0.05) is 25.1 Å². The van der Waals surface area contributed by atoms with Gasteiger partial charge in [0.05, 0.1) is 18.4 Å². The van der Waals surface area contributed by atoms with E-state index in [0.717, 1.165) is 11.6 Å². The summed E-state index contributed by atoms with van der Waals surface area (Å²) in [4.78, 5) is 10.9. The molecule has 0 radical (unpaired) electrons. The van der Waals surface area contributed by atoms with Crippen LogP contribution in [0.25, 0.3) is 0 Å². The Hall–Kier alpha value is -2.54. The molecule has 0 aliphatic carbocycles. The van der Waals surface area contributed by atoms with Crippen molar-refractivity contribution in [3.05, 3.63) is 53.6 Å². The highest BCUT2D eigenvalue weighted by atomic mass is 32.2. The van der Waals surface area contributed by atoms with Crippen LogP contribution < -0.4 is 9.46 Å². The predicted molar refractivity (Wildman–Crippen MR) is 86.6 cm³/mol. The molecular weight excluding hydrogens is 318 g/mol. The Kier molecular flexibility index (Phi) is 4.90. The van der Waals surface area contributed by atoms with E-state index < -0.39 is 16.0 Å². The molecule has 2 aromatic carbocycles. The number of anilines is 1. The SMILES string of the molecule is CCc1ccccc1NS(=O)(=O)c1cc(C(=O)O)ccc1OC. The third-order valence-corrected chi connectivity index (χ3v) is 4.73. The molecule has 6 nitrogen and oxygen atoms in total. The van der Waals surface area contributed by atoms with Gasteiger partial charge in [0.2, 0.25) is 0 Å². The maximum absolute atomic E-state index is 12.6. The van der Waals surface area contributed by atoms with Crippen LogP contribution in [-0.4, -0.2) is 26.6 Å². The van der Waals surface area contributed by atoms with Crippen molar-refractivity contribution in [1.82, 2.24) is 0 Å². The van der Waals surface area contributed by atoms with Crippen LogP contribution in [0.5, 0.6) is 5.75 Å². The largest absolute Gasteiger partial charge is 0.495 e. The van der Waals surface area contributed by atoms with Crippen LogP contribution in [0.3, 0.4) is 0 Å². The molecule has 23 heavy (non-hydrogen) atoms. The Morgan fingerprint density at radius 2 is 1.91 bits per heavy atom. The van der Waals surface area contributed by atoms with E-state index in [0.29, 0.717) is 12.1 Å². The van der Waals surface area contributed by atoms with Gasteiger partial charge in [-0.2, -0.15) is 0 Å². The van der Waals surface area contributed by atoms with E-state index >= 15 is 0 Å². The van der Waals surface area contributed by atoms with E-state index in [1.165, 1.54) is 19.2 Å². The lowest BCUT2D eigenvalue weighted by Gasteiger charge is -2.14. The Labute approximate surface area is 134 Å². The molecule has 0 aromatic heterocycles. The summed E-state index contributed by atoms with van der Waals surface area (Å²) in [6, 6.07) is 10.7. The van der Waals surface area contributed by atoms with Crippen LogP contribution in [0.1, 0.15) is 22.8 Å². The topological polar surface area (TPSA) is 92.7 Å². The van der Waals surface area contributed by atoms with Crippen molar-refractivity contribution in [3.8, 4) is 5.75 Å². The first-order valence-electron chi connectivity index (χ1n) is 6.91. The Balaban J connectivity index is 2.50. The molecule has 2 N–H and O–H groups in total. The quantitative estimate of drug-likeness (QED) is 0.847. The van der Waals surface area contributed by atoms with Crippen molar-refractivity contribution in [2.24, 2.45) is 0 Å². The molecule has 2 rings (SSSR count). The predicted octanol–water partition coefficient (Wildman–Crippen LogP) is 2.76. The molecule has 122 valence electrons. The van der Waals surface area contributed by atoms with Crippen LogP contribution in [0.2, 0.25) is 0 Å². The molecule has 0 spiro atoms. The number of nitrogens with one attached hydrogen (secondary N) is 1. The third kappa shape index (κ3) is 3.62. The van der Waals surface area contributed by atoms with E-state index in [2.05, 4.69) is 4.72 Å². The number of methoxy groups -OCH3 is 1. The molecule has 0 saturated heterocycles. The summed E-state index contributed by atoms with van der Waals surface area (Å²) in [5.41, 5.74) is 1.16. The van der Waals surface area contributed by atoms with Crippen molar-refractivity contribution in [1.29, 1.82) is 0 Å². The maximum atomic E-state index is 12.6. The van der Waals surface area contributed by atoms with Gasteiger partial charge in [-0.25, -0.2) is 13.2 Å². The summed E-state index contributed by atoms with van der Waals surface area (Å²) >= 11 is 0. The number of sulfonamides is 1. The fourth-order valence-electron chi connectivity index (χ4n) is 2.15. The van der Waals surface area contributed by atoms with Crippen LogP contribution in [0.15, 0.2) is 47.4 Å². The van der Waals surface area contributed by atoms with Gasteiger partial charge in [0.15, 0.2) is 0 Å². The standard InChI is InChI=1S/C16H17NO5S/c1-3-11-6-4-5-7-13(11)17-23(20,21)15-10-12(16(18)19)8-9-14(15)22-2/h4-10,17H,3H2,1-2H3,(H,18,19). The average Bonchev–Trinajstić information content (AvgIpc) is 2.54. The second-order valence-corrected chi connectivity index (χ2v) is 6.44. The van der Waals surface area contributed by atoms with Crippen LogP contribution in [0, 0.1) is 0 Å². The first-order valence-corrected chi connectivity index (χ1v) is 8.39. The van der Waals surface area contributed by atoms with E-state index in [1.54, 1.807) is 12.1 Å². The number of rotatable bonds is 6. The van der Waals surface area contributed by atoms with E-state index in [9.17, 15) is 13.2 Å². The molecule has 0 unspecified atom stereocenters. The third-order valence-electron chi connectivity index (χ3n) is 3.34. The number of ether oxygens (including phenoxy) is 1. The number of para-hydroxylation sites is 1. The normalized spacial score (nSPS) is 11.0. The first kappa shape index (κ1) is 16.8. The van der Waals surface area contributed by atoms with E-state index in [-0.39, 0.29) is 16.2 Å². The summed E-state index contributed by atoms with van der Waals surface area (Å²) in [5.74, 6) is -1.13. The second-order valence-electron chi connectivity index (χ2n) is 4.79. The number of hydrogen-bond donors (Lipinski definition) is 2.